The van der Waals surface area contributed by atoms with Crippen molar-refractivity contribution in [2.24, 2.45) is 0 Å². The van der Waals surface area contributed by atoms with Crippen LogP contribution in [0.25, 0.3) is 6.08 Å². The first kappa shape index (κ1) is 20.8. The minimum Gasteiger partial charge on any atom is -0.504 e. The minimum absolute atomic E-state index is 0.00980. The molecule has 0 spiro atoms. The second kappa shape index (κ2) is 8.90. The average molecular weight is 390 g/mol. The summed E-state index contributed by atoms with van der Waals surface area (Å²) in [5, 5.41) is 20.2. The first-order valence-corrected chi connectivity index (χ1v) is 8.11. The Morgan fingerprint density at radius 2 is 1.39 bits per heavy atom. The quantitative estimate of drug-likeness (QED) is 0.524. The van der Waals surface area contributed by atoms with E-state index in [2.05, 4.69) is 0 Å². The molecule has 28 heavy (non-hydrogen) atoms. The molecule has 0 saturated heterocycles. The summed E-state index contributed by atoms with van der Waals surface area (Å²) >= 11 is 0. The van der Waals surface area contributed by atoms with Crippen molar-refractivity contribution in [2.45, 2.75) is 0 Å². The Morgan fingerprint density at radius 3 is 1.93 bits per heavy atom. The topological polar surface area (TPSA) is 104 Å². The van der Waals surface area contributed by atoms with Gasteiger partial charge < -0.3 is 33.9 Å². The lowest BCUT2D eigenvalue weighted by Crippen LogP contribution is -2.05. The molecule has 8 heteroatoms. The van der Waals surface area contributed by atoms with Crippen LogP contribution in [0.15, 0.2) is 24.3 Å². The van der Waals surface area contributed by atoms with Crippen LogP contribution in [-0.2, 0) is 0 Å². The zero-order chi connectivity index (χ0) is 20.8. The van der Waals surface area contributed by atoms with Gasteiger partial charge in [-0.1, -0.05) is 12.1 Å². The van der Waals surface area contributed by atoms with E-state index in [9.17, 15) is 15.0 Å². The summed E-state index contributed by atoms with van der Waals surface area (Å²) in [7, 11) is 6.85. The summed E-state index contributed by atoms with van der Waals surface area (Å²) in [4.78, 5) is 12.8. The number of phenolic OH excluding ortho intramolecular Hbond substituents is 2. The first-order valence-electron chi connectivity index (χ1n) is 8.11. The average Bonchev–Trinajstić information content (AvgIpc) is 2.71. The van der Waals surface area contributed by atoms with E-state index in [1.807, 2.05) is 0 Å². The van der Waals surface area contributed by atoms with Crippen molar-refractivity contribution >= 4 is 11.9 Å². The van der Waals surface area contributed by atoms with Crippen LogP contribution in [0.3, 0.4) is 0 Å². The smallest absolute Gasteiger partial charge is 0.211 e. The zero-order valence-electron chi connectivity index (χ0n) is 16.2. The Labute approximate surface area is 162 Å². The summed E-state index contributed by atoms with van der Waals surface area (Å²) < 4.78 is 26.0. The normalized spacial score (nSPS) is 10.6. The molecule has 0 amide bonds. The predicted octanol–water partition coefficient (Wildman–Crippen LogP) is 3.04. The Kier molecular flexibility index (Phi) is 6.59. The number of phenols is 2. The molecule has 0 atom stereocenters. The largest absolute Gasteiger partial charge is 0.504 e. The third-order valence-corrected chi connectivity index (χ3v) is 3.99. The standard InChI is InChI=1S/C20H22O8/c1-24-14-10-11(6-8-12(14)21)7-9-13(22)15-16(23)18(26-3)20(28-5)19(27-4)17(15)25-2/h6-10,21,23H,1-5H3. The summed E-state index contributed by atoms with van der Waals surface area (Å²) in [6.45, 7) is 0. The van der Waals surface area contributed by atoms with Crippen molar-refractivity contribution in [1.29, 1.82) is 0 Å². The van der Waals surface area contributed by atoms with Gasteiger partial charge >= 0.3 is 0 Å². The predicted molar refractivity (Wildman–Crippen MR) is 102 cm³/mol. The van der Waals surface area contributed by atoms with Gasteiger partial charge in [0, 0.05) is 0 Å². The van der Waals surface area contributed by atoms with Gasteiger partial charge in [0.05, 0.1) is 35.5 Å². The molecule has 0 aliphatic rings. The number of aromatic hydroxyl groups is 2. The van der Waals surface area contributed by atoms with Gasteiger partial charge in [-0.05, 0) is 23.8 Å². The van der Waals surface area contributed by atoms with Crippen molar-refractivity contribution in [1.82, 2.24) is 0 Å². The van der Waals surface area contributed by atoms with Gasteiger partial charge in [-0.15, -0.1) is 0 Å². The highest BCUT2D eigenvalue weighted by Crippen LogP contribution is 2.53. The van der Waals surface area contributed by atoms with E-state index in [4.69, 9.17) is 23.7 Å². The fourth-order valence-corrected chi connectivity index (χ4v) is 2.69. The molecule has 0 fully saturated rings. The van der Waals surface area contributed by atoms with E-state index < -0.39 is 11.5 Å². The fourth-order valence-electron chi connectivity index (χ4n) is 2.69. The summed E-state index contributed by atoms with van der Waals surface area (Å²) in [6.07, 6.45) is 2.75. The van der Waals surface area contributed by atoms with Crippen LogP contribution >= 0.6 is 0 Å². The molecule has 0 unspecified atom stereocenters. The third kappa shape index (κ3) is 3.75. The Hall–Kier alpha value is -3.55. The van der Waals surface area contributed by atoms with E-state index >= 15 is 0 Å². The number of hydrogen-bond donors (Lipinski definition) is 2. The van der Waals surface area contributed by atoms with E-state index in [1.54, 1.807) is 12.1 Å². The maximum atomic E-state index is 12.8. The summed E-state index contributed by atoms with van der Waals surface area (Å²) in [6, 6.07) is 4.61. The van der Waals surface area contributed by atoms with Crippen LogP contribution in [0.4, 0.5) is 0 Å². The number of benzene rings is 2. The molecule has 2 N–H and O–H groups in total. The van der Waals surface area contributed by atoms with Gasteiger partial charge in [-0.2, -0.15) is 0 Å². The lowest BCUT2D eigenvalue weighted by Gasteiger charge is -2.19. The summed E-state index contributed by atoms with van der Waals surface area (Å²) in [5.74, 6) is -0.571. The Balaban J connectivity index is 2.55. The van der Waals surface area contributed by atoms with Gasteiger partial charge in [0.1, 0.15) is 5.56 Å². The van der Waals surface area contributed by atoms with Crippen LogP contribution in [-0.4, -0.2) is 51.5 Å². The highest BCUT2D eigenvalue weighted by molar-refractivity contribution is 6.12. The number of carbonyl (C=O) groups excluding carboxylic acids is 1. The monoisotopic (exact) mass is 390 g/mol. The maximum Gasteiger partial charge on any atom is 0.211 e. The highest BCUT2D eigenvalue weighted by Gasteiger charge is 2.30. The number of carbonyl (C=O) groups is 1. The van der Waals surface area contributed by atoms with Crippen molar-refractivity contribution in [3.63, 3.8) is 0 Å². The van der Waals surface area contributed by atoms with E-state index in [0.717, 1.165) is 0 Å². The van der Waals surface area contributed by atoms with Crippen LogP contribution in [0, 0.1) is 0 Å². The number of ketones is 1. The second-order valence-corrected chi connectivity index (χ2v) is 5.49. The number of methoxy groups -OCH3 is 5. The molecule has 2 aromatic rings. The van der Waals surface area contributed by atoms with Crippen molar-refractivity contribution in [3.8, 4) is 40.2 Å². The van der Waals surface area contributed by atoms with Crippen molar-refractivity contribution < 1.29 is 38.7 Å². The molecule has 0 aliphatic carbocycles. The van der Waals surface area contributed by atoms with Crippen molar-refractivity contribution in [3.05, 3.63) is 35.4 Å². The number of ether oxygens (including phenoxy) is 5. The molecule has 0 aromatic heterocycles. The molecule has 150 valence electrons. The van der Waals surface area contributed by atoms with Gasteiger partial charge in [0.2, 0.25) is 17.2 Å². The first-order chi connectivity index (χ1) is 13.4. The molecule has 0 bridgehead atoms. The fraction of sp³-hybridized carbons (Fsp3) is 0.250. The van der Waals surface area contributed by atoms with Crippen LogP contribution in [0.2, 0.25) is 0 Å². The van der Waals surface area contributed by atoms with E-state index in [-0.39, 0.29) is 40.1 Å². The van der Waals surface area contributed by atoms with Gasteiger partial charge in [0.15, 0.2) is 28.8 Å². The minimum atomic E-state index is -0.555. The molecule has 0 radical (unpaired) electrons. The van der Waals surface area contributed by atoms with Crippen LogP contribution < -0.4 is 23.7 Å². The lowest BCUT2D eigenvalue weighted by molar-refractivity contribution is 0.104. The highest BCUT2D eigenvalue weighted by atomic mass is 16.5. The molecule has 0 aliphatic heterocycles. The van der Waals surface area contributed by atoms with Crippen LogP contribution in [0.1, 0.15) is 15.9 Å². The summed E-state index contributed by atoms with van der Waals surface area (Å²) in [5.41, 5.74) is 0.466. The molecule has 8 nitrogen and oxygen atoms in total. The van der Waals surface area contributed by atoms with Gasteiger partial charge in [0.25, 0.3) is 0 Å². The number of allylic oxidation sites excluding steroid dienone is 1. The van der Waals surface area contributed by atoms with Crippen LogP contribution in [0.5, 0.6) is 40.2 Å². The lowest BCUT2D eigenvalue weighted by atomic mass is 10.0. The molecule has 0 heterocycles. The third-order valence-electron chi connectivity index (χ3n) is 3.99. The maximum absolute atomic E-state index is 12.8. The molecular weight excluding hydrogens is 368 g/mol. The Bertz CT molecular complexity index is 902. The SMILES string of the molecule is COc1cc(C=CC(=O)c2c(O)c(OC)c(OC)c(OC)c2OC)ccc1O. The van der Waals surface area contributed by atoms with Crippen molar-refractivity contribution in [2.75, 3.05) is 35.5 Å². The molecule has 2 rings (SSSR count). The Morgan fingerprint density at radius 1 is 0.821 bits per heavy atom. The van der Waals surface area contributed by atoms with Gasteiger partial charge in [-0.3, -0.25) is 4.79 Å². The number of rotatable bonds is 8. The van der Waals surface area contributed by atoms with Gasteiger partial charge in [-0.25, -0.2) is 0 Å². The van der Waals surface area contributed by atoms with E-state index in [0.29, 0.717) is 5.56 Å². The molecular formula is C20H22O8. The zero-order valence-corrected chi connectivity index (χ0v) is 16.2. The second-order valence-electron chi connectivity index (χ2n) is 5.49. The number of hydrogen-bond acceptors (Lipinski definition) is 8. The molecule has 2 aromatic carbocycles. The molecule has 0 saturated carbocycles. The van der Waals surface area contributed by atoms with E-state index in [1.165, 1.54) is 53.8 Å².